The molecule has 2 rings (SSSR count). The number of methoxy groups -OCH3 is 1. The van der Waals surface area contributed by atoms with Crippen molar-refractivity contribution >= 4 is 5.91 Å². The van der Waals surface area contributed by atoms with Crippen molar-refractivity contribution in [2.45, 2.75) is 51.0 Å². The molecular weight excluding hydrogens is 268 g/mol. The first kappa shape index (κ1) is 16.7. The van der Waals surface area contributed by atoms with Crippen LogP contribution in [0.15, 0.2) is 0 Å². The topological polar surface area (TPSA) is 61.8 Å². The molecule has 5 nitrogen and oxygen atoms in total. The second-order valence-electron chi connectivity index (χ2n) is 6.69. The maximum Gasteiger partial charge on any atom is 0.248 e. The highest BCUT2D eigenvalue weighted by molar-refractivity contribution is 5.77. The molecule has 0 aromatic carbocycles. The molecule has 1 aliphatic heterocycles. The van der Waals surface area contributed by atoms with Crippen molar-refractivity contribution in [1.82, 2.24) is 10.2 Å². The van der Waals surface area contributed by atoms with Crippen LogP contribution in [0.4, 0.5) is 0 Å². The molecule has 0 radical (unpaired) electrons. The number of nitrogens with one attached hydrogen (secondary N) is 1. The molecule has 2 fully saturated rings. The molecule has 1 amide bonds. The van der Waals surface area contributed by atoms with Gasteiger partial charge in [-0.25, -0.2) is 0 Å². The quantitative estimate of drug-likeness (QED) is 0.772. The van der Waals surface area contributed by atoms with Crippen LogP contribution in [0.2, 0.25) is 0 Å². The molecule has 2 N–H and O–H groups in total. The minimum absolute atomic E-state index is 0.0926. The number of amides is 1. The number of piperidine rings is 1. The molecule has 0 unspecified atom stereocenters. The summed E-state index contributed by atoms with van der Waals surface area (Å²) in [5.74, 6) is 0.0926. The van der Waals surface area contributed by atoms with Crippen molar-refractivity contribution in [3.05, 3.63) is 0 Å². The van der Waals surface area contributed by atoms with Gasteiger partial charge in [-0.3, -0.25) is 4.79 Å². The van der Waals surface area contributed by atoms with Gasteiger partial charge >= 0.3 is 0 Å². The Balaban J connectivity index is 1.72. The van der Waals surface area contributed by atoms with E-state index in [0.29, 0.717) is 12.6 Å². The molecule has 1 heterocycles. The summed E-state index contributed by atoms with van der Waals surface area (Å²) in [7, 11) is 1.56. The Kier molecular flexibility index (Phi) is 6.45. The first-order valence-corrected chi connectivity index (χ1v) is 8.30. The van der Waals surface area contributed by atoms with Crippen LogP contribution in [0.3, 0.4) is 0 Å². The summed E-state index contributed by atoms with van der Waals surface area (Å²) in [6, 6.07) is 0.474. The van der Waals surface area contributed by atoms with E-state index in [2.05, 4.69) is 5.32 Å². The lowest BCUT2D eigenvalue weighted by molar-refractivity contribution is -0.136. The van der Waals surface area contributed by atoms with Crippen LogP contribution in [-0.2, 0) is 9.53 Å². The zero-order valence-electron chi connectivity index (χ0n) is 13.3. The van der Waals surface area contributed by atoms with Crippen molar-refractivity contribution in [1.29, 1.82) is 0 Å². The highest BCUT2D eigenvalue weighted by Gasteiger charge is 2.32. The van der Waals surface area contributed by atoms with Gasteiger partial charge in [-0.15, -0.1) is 0 Å². The normalized spacial score (nSPS) is 23.2. The Morgan fingerprint density at radius 1 is 1.29 bits per heavy atom. The summed E-state index contributed by atoms with van der Waals surface area (Å²) >= 11 is 0. The molecule has 122 valence electrons. The van der Waals surface area contributed by atoms with E-state index in [1.807, 2.05) is 4.90 Å². The monoisotopic (exact) mass is 298 g/mol. The third-order valence-electron chi connectivity index (χ3n) is 5.13. The molecule has 0 atom stereocenters. The SMILES string of the molecule is COCC(=O)N1CCC(NCC2(CO)CCCCC2)CC1. The standard InChI is InChI=1S/C16H30N2O3/c1-21-11-15(20)18-9-5-14(6-10-18)17-12-16(13-19)7-3-2-4-8-16/h14,17,19H,2-13H2,1H3. The number of ether oxygens (including phenoxy) is 1. The van der Waals surface area contributed by atoms with Gasteiger partial charge < -0.3 is 20.1 Å². The van der Waals surface area contributed by atoms with Gasteiger partial charge in [0.05, 0.1) is 0 Å². The van der Waals surface area contributed by atoms with Crippen LogP contribution in [0.25, 0.3) is 0 Å². The van der Waals surface area contributed by atoms with Gasteiger partial charge in [-0.1, -0.05) is 19.3 Å². The Hall–Kier alpha value is -0.650. The Bertz CT molecular complexity index is 321. The number of hydrogen-bond donors (Lipinski definition) is 2. The summed E-state index contributed by atoms with van der Waals surface area (Å²) in [5.41, 5.74) is 0.0985. The fourth-order valence-electron chi connectivity index (χ4n) is 3.60. The van der Waals surface area contributed by atoms with E-state index in [1.54, 1.807) is 7.11 Å². The van der Waals surface area contributed by atoms with E-state index in [1.165, 1.54) is 19.3 Å². The fourth-order valence-corrected chi connectivity index (χ4v) is 3.60. The van der Waals surface area contributed by atoms with E-state index < -0.39 is 0 Å². The van der Waals surface area contributed by atoms with Crippen LogP contribution in [0.1, 0.15) is 44.9 Å². The number of likely N-dealkylation sites (tertiary alicyclic amines) is 1. The van der Waals surface area contributed by atoms with E-state index in [4.69, 9.17) is 4.74 Å². The van der Waals surface area contributed by atoms with Crippen LogP contribution >= 0.6 is 0 Å². The predicted octanol–water partition coefficient (Wildman–Crippen LogP) is 1.16. The highest BCUT2D eigenvalue weighted by atomic mass is 16.5. The average molecular weight is 298 g/mol. The van der Waals surface area contributed by atoms with Crippen LogP contribution in [0.5, 0.6) is 0 Å². The molecule has 0 aromatic rings. The number of aliphatic hydroxyl groups is 1. The summed E-state index contributed by atoms with van der Waals surface area (Å²) < 4.78 is 4.90. The first-order valence-electron chi connectivity index (χ1n) is 8.30. The third kappa shape index (κ3) is 4.66. The summed E-state index contributed by atoms with van der Waals surface area (Å²) in [6.07, 6.45) is 8.07. The Morgan fingerprint density at radius 3 is 2.52 bits per heavy atom. The molecule has 0 bridgehead atoms. The van der Waals surface area contributed by atoms with E-state index >= 15 is 0 Å². The lowest BCUT2D eigenvalue weighted by Crippen LogP contribution is -2.49. The van der Waals surface area contributed by atoms with E-state index in [0.717, 1.165) is 45.3 Å². The fraction of sp³-hybridized carbons (Fsp3) is 0.938. The molecule has 21 heavy (non-hydrogen) atoms. The Morgan fingerprint density at radius 2 is 1.95 bits per heavy atom. The molecular formula is C16H30N2O3. The number of nitrogens with zero attached hydrogens (tertiary/aromatic N) is 1. The molecule has 1 aliphatic carbocycles. The molecule has 0 aromatic heterocycles. The number of carbonyl (C=O) groups is 1. The van der Waals surface area contributed by atoms with Crippen molar-refractivity contribution in [3.8, 4) is 0 Å². The minimum Gasteiger partial charge on any atom is -0.396 e. The molecule has 1 saturated carbocycles. The zero-order valence-corrected chi connectivity index (χ0v) is 13.3. The lowest BCUT2D eigenvalue weighted by atomic mass is 9.74. The molecule has 2 aliphatic rings. The van der Waals surface area contributed by atoms with Crippen molar-refractivity contribution in [3.63, 3.8) is 0 Å². The number of hydrogen-bond acceptors (Lipinski definition) is 4. The maximum absolute atomic E-state index is 11.8. The number of carbonyl (C=O) groups excluding carboxylic acids is 1. The summed E-state index contributed by atoms with van der Waals surface area (Å²) in [6.45, 7) is 3.02. The van der Waals surface area contributed by atoms with Crippen LogP contribution in [-0.4, -0.2) is 61.9 Å². The van der Waals surface area contributed by atoms with Gasteiger partial charge in [0.2, 0.25) is 5.91 Å². The van der Waals surface area contributed by atoms with Gasteiger partial charge in [0.25, 0.3) is 0 Å². The van der Waals surface area contributed by atoms with Gasteiger partial charge in [-0.2, -0.15) is 0 Å². The molecule has 5 heteroatoms. The third-order valence-corrected chi connectivity index (χ3v) is 5.13. The molecule has 0 spiro atoms. The highest BCUT2D eigenvalue weighted by Crippen LogP contribution is 2.35. The minimum atomic E-state index is 0.0926. The summed E-state index contributed by atoms with van der Waals surface area (Å²) in [5, 5.41) is 13.4. The van der Waals surface area contributed by atoms with Crippen LogP contribution in [0, 0.1) is 5.41 Å². The second-order valence-corrected chi connectivity index (χ2v) is 6.69. The average Bonchev–Trinajstić information content (AvgIpc) is 2.54. The first-order chi connectivity index (χ1) is 10.2. The van der Waals surface area contributed by atoms with Gasteiger partial charge in [-0.05, 0) is 25.7 Å². The van der Waals surface area contributed by atoms with Crippen molar-refractivity contribution < 1.29 is 14.6 Å². The summed E-state index contributed by atoms with van der Waals surface area (Å²) in [4.78, 5) is 13.6. The van der Waals surface area contributed by atoms with Crippen molar-refractivity contribution in [2.24, 2.45) is 5.41 Å². The predicted molar refractivity (Wildman–Crippen MR) is 82.1 cm³/mol. The molecule has 1 saturated heterocycles. The number of rotatable bonds is 6. The van der Waals surface area contributed by atoms with Gasteiger partial charge in [0, 0.05) is 44.8 Å². The maximum atomic E-state index is 11.8. The van der Waals surface area contributed by atoms with E-state index in [9.17, 15) is 9.90 Å². The smallest absolute Gasteiger partial charge is 0.248 e. The Labute approximate surface area is 128 Å². The van der Waals surface area contributed by atoms with E-state index in [-0.39, 0.29) is 17.9 Å². The zero-order chi connectivity index (χ0) is 15.1. The van der Waals surface area contributed by atoms with Crippen LogP contribution < -0.4 is 5.32 Å². The largest absolute Gasteiger partial charge is 0.396 e. The van der Waals surface area contributed by atoms with Gasteiger partial charge in [0.15, 0.2) is 0 Å². The van der Waals surface area contributed by atoms with Crippen molar-refractivity contribution in [2.75, 3.05) is 40.0 Å². The lowest BCUT2D eigenvalue weighted by Gasteiger charge is -2.39. The van der Waals surface area contributed by atoms with Gasteiger partial charge in [0.1, 0.15) is 6.61 Å². The number of aliphatic hydroxyl groups excluding tert-OH is 1. The second kappa shape index (κ2) is 8.11.